The van der Waals surface area contributed by atoms with Crippen LogP contribution in [-0.2, 0) is 44.7 Å². The van der Waals surface area contributed by atoms with Gasteiger partial charge < -0.3 is 23.7 Å². The Bertz CT molecular complexity index is 701. The zero-order valence-electron chi connectivity index (χ0n) is 16.0. The molecule has 0 aromatic heterocycles. The summed E-state index contributed by atoms with van der Waals surface area (Å²) in [6.07, 6.45) is -3.50. The highest BCUT2D eigenvalue weighted by molar-refractivity contribution is 5.67. The Kier molecular flexibility index (Phi) is 7.71. The molecular weight excluding hydrogens is 368 g/mol. The summed E-state index contributed by atoms with van der Waals surface area (Å²) in [4.78, 5) is 34.5. The van der Waals surface area contributed by atoms with Crippen LogP contribution in [0.15, 0.2) is 43.0 Å². The van der Waals surface area contributed by atoms with Gasteiger partial charge in [0.1, 0.15) is 18.3 Å². The van der Waals surface area contributed by atoms with Crippen molar-refractivity contribution in [3.63, 3.8) is 0 Å². The maximum atomic E-state index is 11.6. The fraction of sp³-hybridized carbons (Fsp3) is 0.450. The second-order valence-electron chi connectivity index (χ2n) is 6.22. The van der Waals surface area contributed by atoms with Crippen LogP contribution in [-0.4, -0.2) is 48.6 Å². The highest BCUT2D eigenvalue weighted by atomic mass is 16.7. The summed E-state index contributed by atoms with van der Waals surface area (Å²) in [6.45, 7) is 7.52. The van der Waals surface area contributed by atoms with Crippen LogP contribution in [0.2, 0.25) is 0 Å². The summed E-state index contributed by atoms with van der Waals surface area (Å²) >= 11 is 0. The molecule has 1 heterocycles. The highest BCUT2D eigenvalue weighted by Gasteiger charge is 2.52. The minimum Gasteiger partial charge on any atom is -0.455 e. The van der Waals surface area contributed by atoms with Gasteiger partial charge in [0.25, 0.3) is 0 Å². The van der Waals surface area contributed by atoms with E-state index in [-0.39, 0.29) is 6.61 Å². The summed E-state index contributed by atoms with van der Waals surface area (Å²) < 4.78 is 27.4. The third-order valence-corrected chi connectivity index (χ3v) is 3.93. The molecule has 152 valence electrons. The van der Waals surface area contributed by atoms with Crippen molar-refractivity contribution in [3.05, 3.63) is 48.6 Å². The third-order valence-electron chi connectivity index (χ3n) is 3.93. The molecule has 0 N–H and O–H groups in total. The summed E-state index contributed by atoms with van der Waals surface area (Å²) in [5.41, 5.74) is 0.876. The Morgan fingerprint density at radius 2 is 1.68 bits per heavy atom. The fourth-order valence-corrected chi connectivity index (χ4v) is 2.89. The quantitative estimate of drug-likeness (QED) is 0.376. The number of esters is 3. The number of benzene rings is 1. The van der Waals surface area contributed by atoms with Gasteiger partial charge in [-0.3, -0.25) is 14.4 Å². The molecule has 1 unspecified atom stereocenters. The van der Waals surface area contributed by atoms with Crippen LogP contribution in [0.25, 0.3) is 0 Å². The Hall–Kier alpha value is -2.71. The first-order chi connectivity index (χ1) is 13.3. The van der Waals surface area contributed by atoms with Crippen molar-refractivity contribution in [2.75, 3.05) is 0 Å². The molecule has 0 amide bonds. The molecule has 1 aromatic carbocycles. The molecule has 28 heavy (non-hydrogen) atoms. The van der Waals surface area contributed by atoms with Crippen LogP contribution in [0.5, 0.6) is 0 Å². The van der Waals surface area contributed by atoms with Gasteiger partial charge in [-0.1, -0.05) is 36.9 Å². The van der Waals surface area contributed by atoms with Crippen molar-refractivity contribution in [1.82, 2.24) is 0 Å². The van der Waals surface area contributed by atoms with Crippen molar-refractivity contribution < 1.29 is 38.1 Å². The van der Waals surface area contributed by atoms with E-state index in [1.54, 1.807) is 0 Å². The van der Waals surface area contributed by atoms with E-state index < -0.39 is 48.6 Å². The average Bonchev–Trinajstić information content (AvgIpc) is 2.94. The lowest BCUT2D eigenvalue weighted by Gasteiger charge is -2.26. The molecule has 0 spiro atoms. The van der Waals surface area contributed by atoms with Crippen molar-refractivity contribution in [2.24, 2.45) is 0 Å². The molecule has 1 aromatic rings. The van der Waals surface area contributed by atoms with E-state index in [4.69, 9.17) is 23.7 Å². The number of hydrogen-bond donors (Lipinski definition) is 0. The minimum absolute atomic E-state index is 0.180. The Morgan fingerprint density at radius 1 is 1.04 bits per heavy atom. The predicted molar refractivity (Wildman–Crippen MR) is 96.8 cm³/mol. The molecule has 8 nitrogen and oxygen atoms in total. The van der Waals surface area contributed by atoms with Gasteiger partial charge in [-0.25, -0.2) is 0 Å². The molecular formula is C20H24O8. The Labute approximate surface area is 163 Å². The molecule has 8 heteroatoms. The van der Waals surface area contributed by atoms with Gasteiger partial charge in [0.2, 0.25) is 6.29 Å². The van der Waals surface area contributed by atoms with Crippen LogP contribution in [0, 0.1) is 0 Å². The van der Waals surface area contributed by atoms with E-state index >= 15 is 0 Å². The first kappa shape index (κ1) is 21.6. The molecule has 0 bridgehead atoms. The zero-order valence-corrected chi connectivity index (χ0v) is 16.0. The monoisotopic (exact) mass is 392 g/mol. The predicted octanol–water partition coefficient (Wildman–Crippen LogP) is 1.91. The summed E-state index contributed by atoms with van der Waals surface area (Å²) in [5, 5.41) is 0. The largest absolute Gasteiger partial charge is 0.455 e. The number of carbonyl (C=O) groups excluding carboxylic acids is 3. The van der Waals surface area contributed by atoms with E-state index in [2.05, 4.69) is 6.58 Å². The van der Waals surface area contributed by atoms with Crippen LogP contribution in [0.4, 0.5) is 0 Å². The first-order valence-corrected chi connectivity index (χ1v) is 8.77. The third kappa shape index (κ3) is 5.90. The lowest BCUT2D eigenvalue weighted by atomic mass is 10.0. The van der Waals surface area contributed by atoms with E-state index in [9.17, 15) is 14.4 Å². The maximum Gasteiger partial charge on any atom is 0.305 e. The van der Waals surface area contributed by atoms with Gasteiger partial charge in [0.05, 0.1) is 6.61 Å². The van der Waals surface area contributed by atoms with Crippen molar-refractivity contribution in [1.29, 1.82) is 0 Å². The molecule has 1 fully saturated rings. The average molecular weight is 392 g/mol. The number of carbonyl (C=O) groups is 3. The normalized spacial score (nSPS) is 24.8. The van der Waals surface area contributed by atoms with Gasteiger partial charge >= 0.3 is 17.9 Å². The highest BCUT2D eigenvalue weighted by Crippen LogP contribution is 2.32. The van der Waals surface area contributed by atoms with Gasteiger partial charge in [0.15, 0.2) is 6.10 Å². The number of hydrogen-bond acceptors (Lipinski definition) is 8. The molecule has 1 aliphatic rings. The van der Waals surface area contributed by atoms with Crippen LogP contribution in [0.1, 0.15) is 26.3 Å². The first-order valence-electron chi connectivity index (χ1n) is 8.77. The van der Waals surface area contributed by atoms with Crippen LogP contribution >= 0.6 is 0 Å². The zero-order chi connectivity index (χ0) is 20.7. The number of ether oxygens (including phenoxy) is 5. The van der Waals surface area contributed by atoms with E-state index in [0.29, 0.717) is 0 Å². The van der Waals surface area contributed by atoms with Gasteiger partial charge in [-0.2, -0.15) is 0 Å². The lowest BCUT2D eigenvalue weighted by Crippen LogP contribution is -2.43. The van der Waals surface area contributed by atoms with Crippen molar-refractivity contribution in [3.8, 4) is 0 Å². The molecule has 2 rings (SSSR count). The Balaban J connectivity index is 2.29. The topological polar surface area (TPSA) is 97.4 Å². The smallest absolute Gasteiger partial charge is 0.305 e. The fourth-order valence-electron chi connectivity index (χ4n) is 2.89. The summed E-state index contributed by atoms with van der Waals surface area (Å²) in [6, 6.07) is 9.33. The van der Waals surface area contributed by atoms with Gasteiger partial charge in [0, 0.05) is 20.8 Å². The van der Waals surface area contributed by atoms with Crippen LogP contribution < -0.4 is 0 Å². The van der Waals surface area contributed by atoms with Gasteiger partial charge in [-0.05, 0) is 11.6 Å². The minimum atomic E-state index is -1.20. The van der Waals surface area contributed by atoms with Crippen molar-refractivity contribution >= 4 is 17.9 Å². The summed E-state index contributed by atoms with van der Waals surface area (Å²) in [7, 11) is 0. The van der Waals surface area contributed by atoms with Crippen LogP contribution in [0.3, 0.4) is 0 Å². The SMILES string of the molecule is C=CC(OC(C)=O)[C@H]1O[C@H](OC(C)=O)[C@H](OC(C)=O)[C@H]1OCc1ccccc1. The standard InChI is InChI=1S/C20H24O8/c1-5-16(25-12(2)21)17-18(24-11-15-9-7-6-8-10-15)19(26-13(3)22)20(28-17)27-14(4)23/h5-10,16-20H,1,11H2,2-4H3/t16?,17-,18+,19-,20+/m1/s1. The van der Waals surface area contributed by atoms with E-state index in [1.165, 1.54) is 26.8 Å². The maximum absolute atomic E-state index is 11.6. The molecule has 0 saturated carbocycles. The molecule has 5 atom stereocenters. The van der Waals surface area contributed by atoms with Crippen molar-refractivity contribution in [2.45, 2.75) is 58.1 Å². The van der Waals surface area contributed by atoms with E-state index in [1.807, 2.05) is 30.3 Å². The molecule has 1 saturated heterocycles. The molecule has 0 aliphatic carbocycles. The number of rotatable bonds is 8. The molecule has 1 aliphatic heterocycles. The second kappa shape index (κ2) is 10.0. The molecule has 0 radical (unpaired) electrons. The van der Waals surface area contributed by atoms with E-state index in [0.717, 1.165) is 5.56 Å². The van der Waals surface area contributed by atoms with Gasteiger partial charge in [-0.15, -0.1) is 0 Å². The second-order valence-corrected chi connectivity index (χ2v) is 6.22. The lowest BCUT2D eigenvalue weighted by molar-refractivity contribution is -0.199. The Morgan fingerprint density at radius 3 is 2.21 bits per heavy atom. The summed E-state index contributed by atoms with van der Waals surface area (Å²) in [5.74, 6) is -1.76.